The van der Waals surface area contributed by atoms with Crippen LogP contribution in [0.4, 0.5) is 0 Å². The van der Waals surface area contributed by atoms with E-state index in [1.54, 1.807) is 29.2 Å². The van der Waals surface area contributed by atoms with Gasteiger partial charge in [-0.1, -0.05) is 28.9 Å². The highest BCUT2D eigenvalue weighted by Gasteiger charge is 2.59. The van der Waals surface area contributed by atoms with Gasteiger partial charge >= 0.3 is 5.97 Å². The van der Waals surface area contributed by atoms with Crippen LogP contribution in [-0.4, -0.2) is 40.1 Å². The van der Waals surface area contributed by atoms with Gasteiger partial charge in [0.15, 0.2) is 11.5 Å². The molecule has 130 valence electrons. The molecule has 0 bridgehead atoms. The molecule has 1 saturated carbocycles. The van der Waals surface area contributed by atoms with Gasteiger partial charge in [-0.25, -0.2) is 0 Å². The number of halogens is 1. The highest BCUT2D eigenvalue weighted by Crippen LogP contribution is 2.59. The second kappa shape index (κ2) is 5.88. The van der Waals surface area contributed by atoms with E-state index >= 15 is 0 Å². The molecule has 1 aromatic heterocycles. The summed E-state index contributed by atoms with van der Waals surface area (Å²) in [6.45, 7) is 1.12. The maximum Gasteiger partial charge on any atom is 0.307 e. The van der Waals surface area contributed by atoms with Crippen LogP contribution >= 0.6 is 11.6 Å². The summed E-state index contributed by atoms with van der Waals surface area (Å²) in [5.74, 6) is -0.652. The van der Waals surface area contributed by atoms with E-state index in [1.807, 2.05) is 6.07 Å². The molecule has 2 aromatic rings. The van der Waals surface area contributed by atoms with E-state index in [2.05, 4.69) is 5.16 Å². The van der Waals surface area contributed by atoms with Gasteiger partial charge in [-0.05, 0) is 36.8 Å². The normalized spacial score (nSPS) is 21.3. The van der Waals surface area contributed by atoms with Gasteiger partial charge in [0.05, 0.1) is 5.92 Å². The summed E-state index contributed by atoms with van der Waals surface area (Å²) in [5, 5.41) is 13.6. The van der Waals surface area contributed by atoms with Crippen molar-refractivity contribution in [2.24, 2.45) is 11.3 Å². The van der Waals surface area contributed by atoms with E-state index in [4.69, 9.17) is 21.2 Å². The fourth-order valence-electron chi connectivity index (χ4n) is 3.72. The Morgan fingerprint density at radius 1 is 1.28 bits per heavy atom. The fraction of sp³-hybridized carbons (Fsp3) is 0.389. The Labute approximate surface area is 149 Å². The molecule has 1 N–H and O–H groups in total. The number of piperidine rings is 1. The highest BCUT2D eigenvalue weighted by atomic mass is 35.5. The van der Waals surface area contributed by atoms with E-state index in [0.29, 0.717) is 23.9 Å². The summed E-state index contributed by atoms with van der Waals surface area (Å²) in [6, 6.07) is 8.78. The number of carbonyl (C=O) groups excluding carboxylic acids is 1. The number of carboxylic acid groups (broad SMARTS) is 1. The van der Waals surface area contributed by atoms with E-state index in [9.17, 15) is 9.59 Å². The Bertz CT molecular complexity index is 839. The Balaban J connectivity index is 1.44. The van der Waals surface area contributed by atoms with Crippen molar-refractivity contribution in [2.45, 2.75) is 19.3 Å². The van der Waals surface area contributed by atoms with Crippen molar-refractivity contribution in [3.8, 4) is 11.3 Å². The van der Waals surface area contributed by atoms with Gasteiger partial charge in [0, 0.05) is 29.7 Å². The molecule has 2 heterocycles. The lowest BCUT2D eigenvalue weighted by molar-refractivity contribution is -0.139. The highest BCUT2D eigenvalue weighted by molar-refractivity contribution is 6.30. The molecule has 0 radical (unpaired) electrons. The van der Waals surface area contributed by atoms with Crippen LogP contribution in [0.3, 0.4) is 0 Å². The molecule has 1 saturated heterocycles. The van der Waals surface area contributed by atoms with E-state index in [0.717, 1.165) is 24.8 Å². The van der Waals surface area contributed by atoms with Crippen molar-refractivity contribution in [3.05, 3.63) is 41.0 Å². The Hall–Kier alpha value is -2.34. The molecule has 2 aliphatic rings. The number of amides is 1. The van der Waals surface area contributed by atoms with Crippen LogP contribution in [-0.2, 0) is 4.79 Å². The number of likely N-dealkylation sites (tertiary alicyclic amines) is 1. The molecule has 1 aromatic carbocycles. The minimum atomic E-state index is -0.720. The maximum atomic E-state index is 12.6. The predicted octanol–water partition coefficient (Wildman–Crippen LogP) is 3.32. The SMILES string of the molecule is O=C(O)C1CC12CCN(C(=O)c1cc(-c3cccc(Cl)c3)on1)CC2. The molecular formula is C18H17ClN2O4. The monoisotopic (exact) mass is 360 g/mol. The predicted molar refractivity (Wildman–Crippen MR) is 90.3 cm³/mol. The summed E-state index contributed by atoms with van der Waals surface area (Å²) < 4.78 is 5.29. The summed E-state index contributed by atoms with van der Waals surface area (Å²) in [6.07, 6.45) is 2.19. The topological polar surface area (TPSA) is 83.6 Å². The number of hydrogen-bond acceptors (Lipinski definition) is 4. The average Bonchev–Trinajstić information content (AvgIpc) is 3.08. The Morgan fingerprint density at radius 2 is 2.04 bits per heavy atom. The number of hydrogen-bond donors (Lipinski definition) is 1. The molecule has 4 rings (SSSR count). The molecule has 2 fully saturated rings. The van der Waals surface area contributed by atoms with Crippen LogP contribution < -0.4 is 0 Å². The average molecular weight is 361 g/mol. The van der Waals surface area contributed by atoms with Crippen LogP contribution in [0.1, 0.15) is 29.8 Å². The van der Waals surface area contributed by atoms with Gasteiger partial charge in [0.1, 0.15) is 0 Å². The van der Waals surface area contributed by atoms with Gasteiger partial charge in [0.2, 0.25) is 0 Å². The van der Waals surface area contributed by atoms with Crippen molar-refractivity contribution >= 4 is 23.5 Å². The van der Waals surface area contributed by atoms with Crippen LogP contribution in [0, 0.1) is 11.3 Å². The minimum absolute atomic E-state index is 0.0988. The molecule has 1 amide bonds. The lowest BCUT2D eigenvalue weighted by Crippen LogP contribution is -2.40. The molecule has 1 aliphatic carbocycles. The summed E-state index contributed by atoms with van der Waals surface area (Å²) in [5.41, 5.74) is 0.925. The van der Waals surface area contributed by atoms with Crippen molar-refractivity contribution in [1.82, 2.24) is 10.1 Å². The second-order valence-corrected chi connectivity index (χ2v) is 7.27. The number of carbonyl (C=O) groups is 2. The number of nitrogens with zero attached hydrogens (tertiary/aromatic N) is 2. The standard InChI is InChI=1S/C18H17ClN2O4/c19-12-3-1-2-11(8-12)15-9-14(20-25-15)16(22)21-6-4-18(5-7-21)10-13(18)17(23)24/h1-3,8-9,13H,4-7,10H2,(H,23,24). The third-order valence-electron chi connectivity index (χ3n) is 5.37. The third kappa shape index (κ3) is 2.91. The largest absolute Gasteiger partial charge is 0.481 e. The summed E-state index contributed by atoms with van der Waals surface area (Å²) in [4.78, 5) is 25.5. The zero-order valence-electron chi connectivity index (χ0n) is 13.4. The molecule has 1 unspecified atom stereocenters. The molecule has 7 heteroatoms. The molecule has 6 nitrogen and oxygen atoms in total. The van der Waals surface area contributed by atoms with Gasteiger partial charge in [-0.2, -0.15) is 0 Å². The van der Waals surface area contributed by atoms with Gasteiger partial charge in [-0.15, -0.1) is 0 Å². The van der Waals surface area contributed by atoms with Crippen LogP contribution in [0.5, 0.6) is 0 Å². The molecule has 25 heavy (non-hydrogen) atoms. The molecule has 1 atom stereocenters. The van der Waals surface area contributed by atoms with Crippen molar-refractivity contribution in [1.29, 1.82) is 0 Å². The van der Waals surface area contributed by atoms with Crippen LogP contribution in [0.25, 0.3) is 11.3 Å². The first-order valence-corrected chi connectivity index (χ1v) is 8.61. The maximum absolute atomic E-state index is 12.6. The third-order valence-corrected chi connectivity index (χ3v) is 5.61. The number of rotatable bonds is 3. The van der Waals surface area contributed by atoms with E-state index in [1.165, 1.54) is 0 Å². The van der Waals surface area contributed by atoms with Gasteiger partial charge in [0.25, 0.3) is 5.91 Å². The minimum Gasteiger partial charge on any atom is -0.481 e. The molecular weight excluding hydrogens is 344 g/mol. The van der Waals surface area contributed by atoms with E-state index < -0.39 is 5.97 Å². The quantitative estimate of drug-likeness (QED) is 0.907. The zero-order chi connectivity index (χ0) is 17.6. The molecule has 1 aliphatic heterocycles. The van der Waals surface area contributed by atoms with Crippen LogP contribution in [0.15, 0.2) is 34.9 Å². The first-order valence-electron chi connectivity index (χ1n) is 8.23. The van der Waals surface area contributed by atoms with Gasteiger partial charge in [-0.3, -0.25) is 9.59 Å². The number of aromatic nitrogens is 1. The first-order chi connectivity index (χ1) is 12.0. The Morgan fingerprint density at radius 3 is 2.68 bits per heavy atom. The number of benzene rings is 1. The van der Waals surface area contributed by atoms with Gasteiger partial charge < -0.3 is 14.5 Å². The van der Waals surface area contributed by atoms with Crippen LogP contribution in [0.2, 0.25) is 5.02 Å². The molecule has 1 spiro atoms. The lowest BCUT2D eigenvalue weighted by Gasteiger charge is -2.32. The lowest BCUT2D eigenvalue weighted by atomic mass is 9.90. The van der Waals surface area contributed by atoms with Crippen molar-refractivity contribution in [3.63, 3.8) is 0 Å². The second-order valence-electron chi connectivity index (χ2n) is 6.84. The summed E-state index contributed by atoms with van der Waals surface area (Å²) in [7, 11) is 0. The van der Waals surface area contributed by atoms with Crippen molar-refractivity contribution < 1.29 is 19.2 Å². The number of carboxylic acids is 1. The Kier molecular flexibility index (Phi) is 3.80. The first kappa shape index (κ1) is 16.1. The summed E-state index contributed by atoms with van der Waals surface area (Å²) >= 11 is 5.97. The number of aliphatic carboxylic acids is 1. The smallest absolute Gasteiger partial charge is 0.307 e. The zero-order valence-corrected chi connectivity index (χ0v) is 14.2. The van der Waals surface area contributed by atoms with E-state index in [-0.39, 0.29) is 22.9 Å². The fourth-order valence-corrected chi connectivity index (χ4v) is 3.91. The van der Waals surface area contributed by atoms with Crippen molar-refractivity contribution in [2.75, 3.05) is 13.1 Å².